The van der Waals surface area contributed by atoms with E-state index in [0.29, 0.717) is 13.4 Å². The van der Waals surface area contributed by atoms with Crippen molar-refractivity contribution in [1.29, 1.82) is 0 Å². The number of para-hydroxylation sites is 1. The molecule has 0 radical (unpaired) electrons. The van der Waals surface area contributed by atoms with Gasteiger partial charge in [-0.25, -0.2) is 4.98 Å². The molecule has 0 amide bonds. The summed E-state index contributed by atoms with van der Waals surface area (Å²) in [4.78, 5) is 4.80. The Balaban J connectivity index is 2.07. The maximum absolute atomic E-state index is 5.64. The summed E-state index contributed by atoms with van der Waals surface area (Å²) in [7, 11) is 1.67. The zero-order valence-electron chi connectivity index (χ0n) is 11.7. The number of hydrogen-bond donors (Lipinski definition) is 0. The van der Waals surface area contributed by atoms with Crippen LogP contribution in [0, 0.1) is 0 Å². The van der Waals surface area contributed by atoms with Crippen molar-refractivity contribution in [2.75, 3.05) is 20.5 Å². The largest absolute Gasteiger partial charge is 0.497 e. The summed E-state index contributed by atoms with van der Waals surface area (Å²) in [6.07, 6.45) is -0.121. The van der Waals surface area contributed by atoms with Crippen LogP contribution in [0.3, 0.4) is 0 Å². The molecule has 1 aromatic heterocycles. The van der Waals surface area contributed by atoms with Gasteiger partial charge in [-0.2, -0.15) is 0 Å². The summed E-state index contributed by atoms with van der Waals surface area (Å²) in [5.41, 5.74) is 1.89. The minimum Gasteiger partial charge on any atom is -0.497 e. The van der Waals surface area contributed by atoms with E-state index in [0.717, 1.165) is 33.1 Å². The van der Waals surface area contributed by atoms with Gasteiger partial charge in [-0.1, -0.05) is 18.2 Å². The molecule has 4 nitrogen and oxygen atoms in total. The highest BCUT2D eigenvalue weighted by Gasteiger charge is 2.23. The standard InChI is InChI=1S/C17H15NO3/c1-19-11-6-7-12-13-4-2-3-5-15(13)18-17(14(12)8-11)16-9-20-10-21-16/h2-8,16H,9-10H2,1H3. The Bertz CT molecular complexity index is 810. The first-order valence-corrected chi connectivity index (χ1v) is 6.92. The van der Waals surface area contributed by atoms with Crippen LogP contribution in [0.2, 0.25) is 0 Å². The molecule has 1 aliphatic heterocycles. The van der Waals surface area contributed by atoms with Crippen molar-refractivity contribution in [2.45, 2.75) is 6.10 Å². The van der Waals surface area contributed by atoms with Crippen LogP contribution in [-0.4, -0.2) is 25.5 Å². The third-order valence-corrected chi connectivity index (χ3v) is 3.86. The van der Waals surface area contributed by atoms with E-state index in [2.05, 4.69) is 12.1 Å². The van der Waals surface area contributed by atoms with Crippen molar-refractivity contribution in [2.24, 2.45) is 0 Å². The van der Waals surface area contributed by atoms with Crippen LogP contribution in [0.1, 0.15) is 11.8 Å². The van der Waals surface area contributed by atoms with Gasteiger partial charge in [0.25, 0.3) is 0 Å². The van der Waals surface area contributed by atoms with Gasteiger partial charge in [0.05, 0.1) is 24.9 Å². The molecule has 1 unspecified atom stereocenters. The highest BCUT2D eigenvalue weighted by molar-refractivity contribution is 6.07. The molecule has 0 bridgehead atoms. The number of ether oxygens (including phenoxy) is 3. The van der Waals surface area contributed by atoms with Crippen molar-refractivity contribution < 1.29 is 14.2 Å². The maximum atomic E-state index is 5.64. The van der Waals surface area contributed by atoms with Gasteiger partial charge in [0.1, 0.15) is 18.6 Å². The highest BCUT2D eigenvalue weighted by Crippen LogP contribution is 2.34. The Labute approximate surface area is 122 Å². The van der Waals surface area contributed by atoms with Crippen LogP contribution in [-0.2, 0) is 9.47 Å². The Morgan fingerprint density at radius 3 is 2.81 bits per heavy atom. The zero-order valence-corrected chi connectivity index (χ0v) is 11.7. The second kappa shape index (κ2) is 4.98. The van der Waals surface area contributed by atoms with Gasteiger partial charge < -0.3 is 14.2 Å². The third-order valence-electron chi connectivity index (χ3n) is 3.86. The molecule has 4 rings (SSSR count). The monoisotopic (exact) mass is 281 g/mol. The fourth-order valence-corrected chi connectivity index (χ4v) is 2.82. The number of nitrogens with zero attached hydrogens (tertiary/aromatic N) is 1. The number of benzene rings is 2. The van der Waals surface area contributed by atoms with Gasteiger partial charge >= 0.3 is 0 Å². The van der Waals surface area contributed by atoms with E-state index in [1.165, 1.54) is 0 Å². The van der Waals surface area contributed by atoms with E-state index in [1.54, 1.807) is 7.11 Å². The minimum atomic E-state index is -0.121. The first-order chi connectivity index (χ1) is 10.4. The number of fused-ring (bicyclic) bond motifs is 3. The summed E-state index contributed by atoms with van der Waals surface area (Å²) in [6.45, 7) is 0.863. The third kappa shape index (κ3) is 2.04. The molecule has 2 heterocycles. The van der Waals surface area contributed by atoms with Crippen molar-refractivity contribution in [3.63, 3.8) is 0 Å². The number of aromatic nitrogens is 1. The van der Waals surface area contributed by atoms with E-state index in [-0.39, 0.29) is 6.10 Å². The maximum Gasteiger partial charge on any atom is 0.147 e. The predicted molar refractivity (Wildman–Crippen MR) is 80.4 cm³/mol. The summed E-state index contributed by atoms with van der Waals surface area (Å²) in [5.74, 6) is 0.819. The Morgan fingerprint density at radius 2 is 2.00 bits per heavy atom. The van der Waals surface area contributed by atoms with E-state index in [9.17, 15) is 0 Å². The second-order valence-electron chi connectivity index (χ2n) is 5.07. The number of rotatable bonds is 2. The quantitative estimate of drug-likeness (QED) is 0.675. The minimum absolute atomic E-state index is 0.121. The topological polar surface area (TPSA) is 40.6 Å². The molecule has 3 aromatic rings. The average Bonchev–Trinajstić information content (AvgIpc) is 3.07. The molecule has 0 saturated carbocycles. The lowest BCUT2D eigenvalue weighted by Crippen LogP contribution is -2.04. The van der Waals surface area contributed by atoms with E-state index < -0.39 is 0 Å². The Kier molecular flexibility index (Phi) is 2.98. The molecule has 106 valence electrons. The fourth-order valence-electron chi connectivity index (χ4n) is 2.82. The van der Waals surface area contributed by atoms with E-state index in [4.69, 9.17) is 19.2 Å². The SMILES string of the molecule is COc1ccc2c(c1)c(C1COCO1)nc1ccccc12. The lowest BCUT2D eigenvalue weighted by Gasteiger charge is -2.14. The van der Waals surface area contributed by atoms with Gasteiger partial charge in [-0.3, -0.25) is 0 Å². The molecule has 0 spiro atoms. The lowest BCUT2D eigenvalue weighted by molar-refractivity contribution is 0.0460. The molecule has 4 heteroatoms. The number of methoxy groups -OCH3 is 1. The van der Waals surface area contributed by atoms with Crippen molar-refractivity contribution in [1.82, 2.24) is 4.98 Å². The van der Waals surface area contributed by atoms with Crippen molar-refractivity contribution in [3.05, 3.63) is 48.2 Å². The Hall–Kier alpha value is -2.17. The predicted octanol–water partition coefficient (Wildman–Crippen LogP) is 3.44. The molecule has 1 aliphatic rings. The van der Waals surface area contributed by atoms with Crippen LogP contribution in [0.4, 0.5) is 0 Å². The van der Waals surface area contributed by atoms with Gasteiger partial charge in [-0.05, 0) is 29.7 Å². The van der Waals surface area contributed by atoms with E-state index in [1.807, 2.05) is 30.3 Å². The van der Waals surface area contributed by atoms with Crippen LogP contribution in [0.25, 0.3) is 21.7 Å². The molecule has 21 heavy (non-hydrogen) atoms. The smallest absolute Gasteiger partial charge is 0.147 e. The first kappa shape index (κ1) is 12.6. The summed E-state index contributed by atoms with van der Waals surface area (Å²) in [5, 5.41) is 3.35. The van der Waals surface area contributed by atoms with Crippen molar-refractivity contribution in [3.8, 4) is 5.75 Å². The number of pyridine rings is 1. The molecule has 0 aliphatic carbocycles. The lowest BCUT2D eigenvalue weighted by atomic mass is 10.0. The first-order valence-electron chi connectivity index (χ1n) is 6.92. The normalized spacial score (nSPS) is 18.4. The summed E-state index contributed by atoms with van der Waals surface area (Å²) < 4.78 is 16.3. The molecule has 0 N–H and O–H groups in total. The molecule has 1 atom stereocenters. The van der Waals surface area contributed by atoms with E-state index >= 15 is 0 Å². The van der Waals surface area contributed by atoms with Gasteiger partial charge in [0.15, 0.2) is 0 Å². The van der Waals surface area contributed by atoms with Gasteiger partial charge in [0, 0.05) is 10.8 Å². The fraction of sp³-hybridized carbons (Fsp3) is 0.235. The zero-order chi connectivity index (χ0) is 14.2. The van der Waals surface area contributed by atoms with Gasteiger partial charge in [-0.15, -0.1) is 0 Å². The molecule has 1 fully saturated rings. The average molecular weight is 281 g/mol. The highest BCUT2D eigenvalue weighted by atomic mass is 16.7. The summed E-state index contributed by atoms with van der Waals surface area (Å²) in [6, 6.07) is 14.2. The van der Waals surface area contributed by atoms with Crippen LogP contribution < -0.4 is 4.74 Å². The Morgan fingerprint density at radius 1 is 1.10 bits per heavy atom. The molecular weight excluding hydrogens is 266 g/mol. The second-order valence-corrected chi connectivity index (χ2v) is 5.07. The van der Waals surface area contributed by atoms with Gasteiger partial charge in [0.2, 0.25) is 0 Å². The van der Waals surface area contributed by atoms with Crippen LogP contribution >= 0.6 is 0 Å². The van der Waals surface area contributed by atoms with Crippen LogP contribution in [0.15, 0.2) is 42.5 Å². The molecular formula is C17H15NO3. The number of hydrogen-bond acceptors (Lipinski definition) is 4. The molecule has 2 aromatic carbocycles. The summed E-state index contributed by atoms with van der Waals surface area (Å²) >= 11 is 0. The van der Waals surface area contributed by atoms with Crippen LogP contribution in [0.5, 0.6) is 5.75 Å². The van der Waals surface area contributed by atoms with Crippen molar-refractivity contribution >= 4 is 21.7 Å². The molecule has 1 saturated heterocycles.